The van der Waals surface area contributed by atoms with Crippen molar-refractivity contribution in [1.82, 2.24) is 33.3 Å². The molecule has 0 bridgehead atoms. The Hall–Kier alpha value is -6.05. The number of anilines is 1. The average molecular weight is 597 g/mol. The molecule has 44 heavy (non-hydrogen) atoms. The van der Waals surface area contributed by atoms with Crippen LogP contribution in [0, 0.1) is 5.82 Å². The first-order valence-electron chi connectivity index (χ1n) is 13.4. The molecule has 0 aliphatic rings. The van der Waals surface area contributed by atoms with E-state index >= 15 is 0 Å². The van der Waals surface area contributed by atoms with E-state index in [0.717, 1.165) is 39.7 Å². The van der Waals surface area contributed by atoms with E-state index < -0.39 is 28.9 Å². The van der Waals surface area contributed by atoms with Crippen molar-refractivity contribution in [3.05, 3.63) is 112 Å². The molecule has 0 unspecified atom stereocenters. The number of carbonyl (C=O) groups excluding carboxylic acids is 1. The second-order valence-corrected chi connectivity index (χ2v) is 10.1. The van der Waals surface area contributed by atoms with Crippen molar-refractivity contribution < 1.29 is 18.7 Å². The number of benzene rings is 1. The van der Waals surface area contributed by atoms with Gasteiger partial charge in [0.2, 0.25) is 5.75 Å². The number of fused-ring (bicyclic) bond motifs is 1. The highest BCUT2D eigenvalue weighted by Gasteiger charge is 2.19. The van der Waals surface area contributed by atoms with Crippen LogP contribution in [0.3, 0.4) is 0 Å². The lowest BCUT2D eigenvalue weighted by atomic mass is 10.2. The topological polar surface area (TPSA) is 140 Å². The van der Waals surface area contributed by atoms with Gasteiger partial charge in [0.15, 0.2) is 5.75 Å². The number of rotatable bonds is 7. The molecular weight excluding hydrogens is 571 g/mol. The second-order valence-electron chi connectivity index (χ2n) is 10.1. The Balaban J connectivity index is 1.21. The van der Waals surface area contributed by atoms with Crippen LogP contribution in [-0.2, 0) is 7.05 Å². The normalized spacial score (nSPS) is 11.2. The van der Waals surface area contributed by atoms with Crippen molar-refractivity contribution in [2.24, 2.45) is 7.05 Å². The van der Waals surface area contributed by atoms with E-state index in [1.165, 1.54) is 29.0 Å². The van der Waals surface area contributed by atoms with E-state index in [4.69, 9.17) is 9.47 Å². The van der Waals surface area contributed by atoms with Crippen molar-refractivity contribution >= 4 is 17.4 Å². The van der Waals surface area contributed by atoms with Crippen LogP contribution in [-0.4, -0.2) is 39.4 Å². The van der Waals surface area contributed by atoms with E-state index in [-0.39, 0.29) is 17.5 Å². The molecule has 1 aromatic carbocycles. The third-order valence-corrected chi connectivity index (χ3v) is 6.59. The van der Waals surface area contributed by atoms with Gasteiger partial charge < -0.3 is 14.0 Å². The van der Waals surface area contributed by atoms with Crippen molar-refractivity contribution in [2.75, 3.05) is 5.32 Å². The maximum absolute atomic E-state index is 13.5. The van der Waals surface area contributed by atoms with Gasteiger partial charge in [0.25, 0.3) is 0 Å². The zero-order valence-electron chi connectivity index (χ0n) is 23.7. The number of aromatic nitrogens is 7. The number of nitrogens with one attached hydrogen (secondary N) is 1. The molecule has 0 saturated heterocycles. The highest BCUT2D eigenvalue weighted by Crippen LogP contribution is 2.31. The lowest BCUT2D eigenvalue weighted by Gasteiger charge is -2.15. The molecule has 1 N–H and O–H groups in total. The van der Waals surface area contributed by atoms with Gasteiger partial charge in [-0.2, -0.15) is 5.10 Å². The fourth-order valence-corrected chi connectivity index (χ4v) is 4.46. The van der Waals surface area contributed by atoms with Crippen molar-refractivity contribution in [2.45, 2.75) is 19.9 Å². The van der Waals surface area contributed by atoms with Crippen LogP contribution in [0.15, 0.2) is 95.4 Å². The predicted molar refractivity (Wildman–Crippen MR) is 158 cm³/mol. The van der Waals surface area contributed by atoms with Gasteiger partial charge in [-0.25, -0.2) is 33.0 Å². The maximum atomic E-state index is 13.5. The lowest BCUT2D eigenvalue weighted by Crippen LogP contribution is -2.40. The molecule has 0 aliphatic heterocycles. The van der Waals surface area contributed by atoms with Gasteiger partial charge in [-0.1, -0.05) is 0 Å². The Kier molecular flexibility index (Phi) is 7.23. The quantitative estimate of drug-likeness (QED) is 0.283. The van der Waals surface area contributed by atoms with Crippen molar-refractivity contribution in [3.63, 3.8) is 0 Å². The van der Waals surface area contributed by atoms with Crippen molar-refractivity contribution in [3.8, 4) is 34.2 Å². The van der Waals surface area contributed by atoms with Gasteiger partial charge in [-0.15, -0.1) is 0 Å². The number of nitrogens with zero attached hydrogens (tertiary/aromatic N) is 7. The smallest absolute Gasteiger partial charge is 0.418 e. The molecule has 14 heteroatoms. The summed E-state index contributed by atoms with van der Waals surface area (Å²) in [6.45, 7) is 3.45. The highest BCUT2D eigenvalue weighted by atomic mass is 19.1. The van der Waals surface area contributed by atoms with Crippen LogP contribution in [0.5, 0.6) is 17.2 Å². The van der Waals surface area contributed by atoms with E-state index in [1.807, 2.05) is 36.1 Å². The molecule has 0 fully saturated rings. The molecular formula is C30H25FN8O5. The molecule has 0 saturated carbocycles. The van der Waals surface area contributed by atoms with Gasteiger partial charge in [0, 0.05) is 31.0 Å². The minimum Gasteiger partial charge on any atom is -0.453 e. The summed E-state index contributed by atoms with van der Waals surface area (Å²) in [6, 6.07) is 11.2. The minimum absolute atomic E-state index is 0.120. The van der Waals surface area contributed by atoms with Gasteiger partial charge in [0.1, 0.15) is 22.9 Å². The summed E-state index contributed by atoms with van der Waals surface area (Å²) >= 11 is 0. The number of imidazole rings is 1. The van der Waals surface area contributed by atoms with Crippen LogP contribution < -0.4 is 26.0 Å². The number of carbonyl (C=O) groups is 1. The Bertz CT molecular complexity index is 2110. The van der Waals surface area contributed by atoms with Crippen LogP contribution in [0.25, 0.3) is 22.5 Å². The molecule has 0 spiro atoms. The molecule has 0 atom stereocenters. The summed E-state index contributed by atoms with van der Waals surface area (Å²) in [7, 11) is 1.88. The van der Waals surface area contributed by atoms with E-state index in [9.17, 15) is 18.8 Å². The number of pyridine rings is 2. The number of hydrogen-bond donors (Lipinski definition) is 1. The zero-order valence-corrected chi connectivity index (χ0v) is 23.7. The summed E-state index contributed by atoms with van der Waals surface area (Å²) in [4.78, 5) is 47.5. The monoisotopic (exact) mass is 596 g/mol. The first-order chi connectivity index (χ1) is 21.2. The SMILES string of the molecule is CC(C)n1cc(OC(=O)Nc2ccc(Oc3cc(-c4cn(C)cn4)cn4nccc34)cn2)c(=O)n(-c2ccc(F)cc2)c1=O. The van der Waals surface area contributed by atoms with E-state index in [2.05, 4.69) is 20.4 Å². The summed E-state index contributed by atoms with van der Waals surface area (Å²) in [6.07, 6.45) is 8.65. The molecule has 1 amide bonds. The van der Waals surface area contributed by atoms with Gasteiger partial charge in [0.05, 0.1) is 36.3 Å². The van der Waals surface area contributed by atoms with Gasteiger partial charge >= 0.3 is 17.3 Å². The van der Waals surface area contributed by atoms with Gasteiger partial charge in [-0.05, 0) is 62.4 Å². The molecule has 5 heterocycles. The Morgan fingerprint density at radius 3 is 2.45 bits per heavy atom. The van der Waals surface area contributed by atoms with Crippen LogP contribution >= 0.6 is 0 Å². The van der Waals surface area contributed by atoms with E-state index in [1.54, 1.807) is 37.0 Å². The standard InChI is InChI=1S/C30H25FN8O5/c1-18(2)37-16-26(28(40)39(30(37)42)21-6-4-20(31)5-7-21)44-29(41)35-27-9-8-22(13-32-27)43-25-12-19(23-15-36(3)17-33-23)14-38-24(25)10-11-34-38/h4-18H,1-3H3,(H,32,35,41). The molecule has 5 aromatic heterocycles. The number of halogens is 1. The number of amides is 1. The fourth-order valence-electron chi connectivity index (χ4n) is 4.46. The molecule has 222 valence electrons. The fraction of sp³-hybridized carbons (Fsp3) is 0.133. The Morgan fingerprint density at radius 1 is 0.977 bits per heavy atom. The number of ether oxygens (including phenoxy) is 2. The summed E-state index contributed by atoms with van der Waals surface area (Å²) in [5, 5.41) is 6.77. The molecule has 0 aliphatic carbocycles. The number of hydrogen-bond acceptors (Lipinski definition) is 8. The lowest BCUT2D eigenvalue weighted by molar-refractivity contribution is 0.213. The zero-order chi connectivity index (χ0) is 31.0. The van der Waals surface area contributed by atoms with Crippen molar-refractivity contribution in [1.29, 1.82) is 0 Å². The summed E-state index contributed by atoms with van der Waals surface area (Å²) < 4.78 is 30.4. The number of aryl methyl sites for hydroxylation is 1. The Labute approximate surface area is 248 Å². The molecule has 6 aromatic rings. The molecule has 6 rings (SSSR count). The summed E-state index contributed by atoms with van der Waals surface area (Å²) in [5.41, 5.74) is 0.847. The molecule has 13 nitrogen and oxygen atoms in total. The second kappa shape index (κ2) is 11.3. The van der Waals surface area contributed by atoms with Crippen LogP contribution in [0.1, 0.15) is 19.9 Å². The average Bonchev–Trinajstić information content (AvgIpc) is 3.65. The largest absolute Gasteiger partial charge is 0.453 e. The predicted octanol–water partition coefficient (Wildman–Crippen LogP) is 4.57. The minimum atomic E-state index is -1.01. The third-order valence-electron chi connectivity index (χ3n) is 6.59. The Morgan fingerprint density at radius 2 is 1.77 bits per heavy atom. The van der Waals surface area contributed by atoms with Gasteiger partial charge in [-0.3, -0.25) is 14.7 Å². The molecule has 0 radical (unpaired) electrons. The third kappa shape index (κ3) is 5.55. The first kappa shape index (κ1) is 28.1. The summed E-state index contributed by atoms with van der Waals surface area (Å²) in [5.74, 6) is 0.0873. The van der Waals surface area contributed by atoms with Crippen LogP contribution in [0.2, 0.25) is 0 Å². The first-order valence-corrected chi connectivity index (χ1v) is 13.4. The van der Waals surface area contributed by atoms with E-state index in [0.29, 0.717) is 11.5 Å². The maximum Gasteiger partial charge on any atom is 0.418 e. The van der Waals surface area contributed by atoms with Crippen LogP contribution in [0.4, 0.5) is 15.0 Å². The highest BCUT2D eigenvalue weighted by molar-refractivity contribution is 5.85.